The fourth-order valence-corrected chi connectivity index (χ4v) is 4.19. The minimum atomic E-state index is 0.0464. The average molecular weight is 342 g/mol. The molecule has 0 spiro atoms. The van der Waals surface area contributed by atoms with Crippen LogP contribution in [-0.4, -0.2) is 15.3 Å². The van der Waals surface area contributed by atoms with Gasteiger partial charge in [-0.05, 0) is 42.5 Å². The third-order valence-electron chi connectivity index (χ3n) is 4.77. The summed E-state index contributed by atoms with van der Waals surface area (Å²) in [5, 5.41) is 2.29. The molecule has 5 rings (SSSR count). The van der Waals surface area contributed by atoms with Gasteiger partial charge in [-0.1, -0.05) is 18.2 Å². The summed E-state index contributed by atoms with van der Waals surface area (Å²) in [5.41, 5.74) is 6.47. The highest BCUT2D eigenvalue weighted by Crippen LogP contribution is 2.29. The van der Waals surface area contributed by atoms with Crippen LogP contribution in [-0.2, 0) is 7.05 Å². The summed E-state index contributed by atoms with van der Waals surface area (Å²) in [6, 6.07) is 20.0. The Morgan fingerprint density at radius 1 is 0.920 bits per heavy atom. The molecule has 0 amide bonds. The number of nitrogens with zero attached hydrogens (tertiary/aromatic N) is 2. The molecule has 0 saturated heterocycles. The van der Waals surface area contributed by atoms with E-state index in [9.17, 15) is 4.79 Å². The summed E-state index contributed by atoms with van der Waals surface area (Å²) in [4.78, 5) is 17.3. The van der Waals surface area contributed by atoms with Gasteiger partial charge in [0, 0.05) is 40.0 Å². The van der Waals surface area contributed by atoms with E-state index < -0.39 is 0 Å². The van der Waals surface area contributed by atoms with Crippen LogP contribution in [0.15, 0.2) is 66.2 Å². The van der Waals surface area contributed by atoms with Crippen molar-refractivity contribution in [2.75, 3.05) is 0 Å². The van der Waals surface area contributed by atoms with Crippen LogP contribution in [0.25, 0.3) is 32.0 Å². The van der Waals surface area contributed by atoms with E-state index in [2.05, 4.69) is 28.7 Å². The highest BCUT2D eigenvalue weighted by Gasteiger charge is 2.14. The number of benzene rings is 3. The number of aromatic nitrogens is 2. The first kappa shape index (κ1) is 14.4. The van der Waals surface area contributed by atoms with Crippen molar-refractivity contribution in [1.82, 2.24) is 9.55 Å². The SMILES string of the molecule is Cn1c2ccccc2c2cc(C(=O)c3ccc4ncsc4c3)ccc21. The van der Waals surface area contributed by atoms with Crippen molar-refractivity contribution in [3.63, 3.8) is 0 Å². The average Bonchev–Trinajstić information content (AvgIpc) is 3.24. The number of thiazole rings is 1. The van der Waals surface area contributed by atoms with Gasteiger partial charge in [-0.15, -0.1) is 11.3 Å². The molecule has 0 atom stereocenters. The Morgan fingerprint density at radius 3 is 2.60 bits per heavy atom. The summed E-state index contributed by atoms with van der Waals surface area (Å²) in [7, 11) is 2.06. The van der Waals surface area contributed by atoms with E-state index in [0.717, 1.165) is 21.1 Å². The summed E-state index contributed by atoms with van der Waals surface area (Å²) < 4.78 is 3.21. The standard InChI is InChI=1S/C21H14N2OS/c1-23-18-5-3-2-4-15(18)16-10-13(7-9-19(16)23)21(24)14-6-8-17-20(11-14)25-12-22-17/h2-12H,1H3. The maximum Gasteiger partial charge on any atom is 0.193 e. The molecule has 0 aliphatic rings. The number of carbonyl (C=O) groups excluding carboxylic acids is 1. The van der Waals surface area contributed by atoms with Crippen molar-refractivity contribution in [3.05, 3.63) is 77.3 Å². The highest BCUT2D eigenvalue weighted by atomic mass is 32.1. The van der Waals surface area contributed by atoms with Crippen LogP contribution in [0.2, 0.25) is 0 Å². The molecular weight excluding hydrogens is 328 g/mol. The molecule has 0 saturated carbocycles. The van der Waals surface area contributed by atoms with Gasteiger partial charge in [-0.3, -0.25) is 4.79 Å². The smallest absolute Gasteiger partial charge is 0.193 e. The zero-order valence-electron chi connectivity index (χ0n) is 13.6. The number of para-hydroxylation sites is 1. The van der Waals surface area contributed by atoms with Crippen LogP contribution in [0.5, 0.6) is 0 Å². The van der Waals surface area contributed by atoms with Crippen LogP contribution in [0.1, 0.15) is 15.9 Å². The van der Waals surface area contributed by atoms with E-state index in [4.69, 9.17) is 0 Å². The van der Waals surface area contributed by atoms with Gasteiger partial charge in [0.25, 0.3) is 0 Å². The Morgan fingerprint density at radius 2 is 1.68 bits per heavy atom. The normalized spacial score (nSPS) is 11.6. The Labute approximate surface area is 148 Å². The quantitative estimate of drug-likeness (QED) is 0.415. The van der Waals surface area contributed by atoms with E-state index >= 15 is 0 Å². The Balaban J connectivity index is 1.69. The van der Waals surface area contributed by atoms with Gasteiger partial charge in [0.1, 0.15) is 0 Å². The van der Waals surface area contributed by atoms with Crippen molar-refractivity contribution in [2.24, 2.45) is 7.05 Å². The molecule has 0 fully saturated rings. The number of ketones is 1. The second-order valence-corrected chi connectivity index (χ2v) is 7.06. The predicted molar refractivity (Wildman–Crippen MR) is 103 cm³/mol. The zero-order chi connectivity index (χ0) is 17.0. The molecule has 5 aromatic rings. The fourth-order valence-electron chi connectivity index (χ4n) is 3.47. The molecule has 2 aromatic heterocycles. The molecule has 25 heavy (non-hydrogen) atoms. The molecule has 0 aliphatic heterocycles. The minimum absolute atomic E-state index is 0.0464. The number of fused-ring (bicyclic) bond motifs is 4. The van der Waals surface area contributed by atoms with E-state index in [0.29, 0.717) is 11.1 Å². The number of aryl methyl sites for hydroxylation is 1. The molecule has 3 nitrogen and oxygen atoms in total. The van der Waals surface area contributed by atoms with Crippen LogP contribution in [0.4, 0.5) is 0 Å². The Hall–Kier alpha value is -2.98. The maximum absolute atomic E-state index is 13.0. The van der Waals surface area contributed by atoms with E-state index in [1.807, 2.05) is 48.5 Å². The van der Waals surface area contributed by atoms with Crippen LogP contribution >= 0.6 is 11.3 Å². The van der Waals surface area contributed by atoms with Crippen molar-refractivity contribution >= 4 is 49.1 Å². The predicted octanol–water partition coefficient (Wildman–Crippen LogP) is 5.17. The molecule has 0 unspecified atom stereocenters. The first-order valence-corrected chi connectivity index (χ1v) is 8.95. The van der Waals surface area contributed by atoms with Crippen LogP contribution in [0.3, 0.4) is 0 Å². The summed E-state index contributed by atoms with van der Waals surface area (Å²) in [6.45, 7) is 0. The second-order valence-electron chi connectivity index (χ2n) is 6.17. The lowest BCUT2D eigenvalue weighted by Gasteiger charge is -2.03. The van der Waals surface area contributed by atoms with Gasteiger partial charge in [0.05, 0.1) is 15.7 Å². The Bertz CT molecular complexity index is 1280. The largest absolute Gasteiger partial charge is 0.344 e. The number of carbonyl (C=O) groups is 1. The Kier molecular flexibility index (Phi) is 3.02. The second kappa shape index (κ2) is 5.26. The van der Waals surface area contributed by atoms with Crippen molar-refractivity contribution in [2.45, 2.75) is 0 Å². The number of rotatable bonds is 2. The molecule has 0 N–H and O–H groups in total. The summed E-state index contributed by atoms with van der Waals surface area (Å²) in [6.07, 6.45) is 0. The van der Waals surface area contributed by atoms with Crippen molar-refractivity contribution in [1.29, 1.82) is 0 Å². The lowest BCUT2D eigenvalue weighted by molar-refractivity contribution is 0.103. The lowest BCUT2D eigenvalue weighted by Crippen LogP contribution is -2.01. The molecular formula is C21H14N2OS. The van der Waals surface area contributed by atoms with Crippen molar-refractivity contribution in [3.8, 4) is 0 Å². The molecule has 120 valence electrons. The maximum atomic E-state index is 13.0. The number of hydrogen-bond donors (Lipinski definition) is 0. The third-order valence-corrected chi connectivity index (χ3v) is 5.56. The van der Waals surface area contributed by atoms with E-state index in [-0.39, 0.29) is 5.78 Å². The van der Waals surface area contributed by atoms with Crippen molar-refractivity contribution < 1.29 is 4.79 Å². The molecule has 4 heteroatoms. The lowest BCUT2D eigenvalue weighted by atomic mass is 10.0. The van der Waals surface area contributed by atoms with Crippen LogP contribution < -0.4 is 0 Å². The zero-order valence-corrected chi connectivity index (χ0v) is 14.4. The highest BCUT2D eigenvalue weighted by molar-refractivity contribution is 7.16. The third kappa shape index (κ3) is 2.11. The molecule has 0 bridgehead atoms. The first-order valence-electron chi connectivity index (χ1n) is 8.07. The molecule has 2 heterocycles. The molecule has 0 radical (unpaired) electrons. The van der Waals surface area contributed by atoms with E-state index in [1.165, 1.54) is 10.9 Å². The minimum Gasteiger partial charge on any atom is -0.344 e. The monoisotopic (exact) mass is 342 g/mol. The fraction of sp³-hybridized carbons (Fsp3) is 0.0476. The molecule has 0 aliphatic carbocycles. The van der Waals surface area contributed by atoms with Crippen LogP contribution in [0, 0.1) is 0 Å². The van der Waals surface area contributed by atoms with Gasteiger partial charge in [-0.2, -0.15) is 0 Å². The van der Waals surface area contributed by atoms with Gasteiger partial charge in [0.2, 0.25) is 0 Å². The van der Waals surface area contributed by atoms with E-state index in [1.54, 1.807) is 16.8 Å². The summed E-state index contributed by atoms with van der Waals surface area (Å²) >= 11 is 1.56. The van der Waals surface area contributed by atoms with Gasteiger partial charge in [-0.25, -0.2) is 4.98 Å². The molecule has 3 aromatic carbocycles. The topological polar surface area (TPSA) is 34.9 Å². The number of hydrogen-bond acceptors (Lipinski definition) is 3. The summed E-state index contributed by atoms with van der Waals surface area (Å²) in [5.74, 6) is 0.0464. The van der Waals surface area contributed by atoms with Gasteiger partial charge < -0.3 is 4.57 Å². The van der Waals surface area contributed by atoms with Gasteiger partial charge >= 0.3 is 0 Å². The van der Waals surface area contributed by atoms with Gasteiger partial charge in [0.15, 0.2) is 5.78 Å². The first-order chi connectivity index (χ1) is 12.2.